The van der Waals surface area contributed by atoms with Crippen molar-refractivity contribution in [1.29, 1.82) is 0 Å². The van der Waals surface area contributed by atoms with Gasteiger partial charge in [-0.2, -0.15) is 5.10 Å². The van der Waals surface area contributed by atoms with E-state index in [1.807, 2.05) is 36.4 Å². The summed E-state index contributed by atoms with van der Waals surface area (Å²) in [5, 5.41) is 18.4. The average molecular weight is 463 g/mol. The lowest BCUT2D eigenvalue weighted by Crippen LogP contribution is -2.40. The van der Waals surface area contributed by atoms with Crippen LogP contribution in [0.25, 0.3) is 11.1 Å². The molecule has 176 valence electrons. The van der Waals surface area contributed by atoms with Crippen molar-refractivity contribution in [3.8, 4) is 11.1 Å². The molecular formula is C25H26N4O5. The van der Waals surface area contributed by atoms with Crippen molar-refractivity contribution in [1.82, 2.24) is 15.1 Å². The Morgan fingerprint density at radius 1 is 1.06 bits per heavy atom. The molecule has 0 radical (unpaired) electrons. The van der Waals surface area contributed by atoms with Gasteiger partial charge in [-0.25, -0.2) is 4.79 Å². The molecule has 3 N–H and O–H groups in total. The number of fused-ring (bicyclic) bond motifs is 3. The van der Waals surface area contributed by atoms with Gasteiger partial charge in [0.2, 0.25) is 0 Å². The second-order valence-corrected chi connectivity index (χ2v) is 8.37. The molecule has 34 heavy (non-hydrogen) atoms. The molecule has 0 aliphatic heterocycles. The van der Waals surface area contributed by atoms with E-state index in [9.17, 15) is 14.4 Å². The molecule has 0 fully saturated rings. The van der Waals surface area contributed by atoms with Crippen LogP contribution in [0.3, 0.4) is 0 Å². The fourth-order valence-electron chi connectivity index (χ4n) is 4.11. The van der Waals surface area contributed by atoms with Crippen LogP contribution in [-0.4, -0.2) is 45.5 Å². The highest BCUT2D eigenvalue weighted by Crippen LogP contribution is 2.44. The molecule has 0 saturated carbocycles. The first-order valence-corrected chi connectivity index (χ1v) is 11.0. The zero-order chi connectivity index (χ0) is 24.4. The standard InChI is InChI=1S/C25H26N4O5/c1-14(24(31)32)15(2)27-23(30)20-12-26-29(3)22(20)28-25(33)34-13-21-18-10-6-4-8-16(18)17-9-5-7-11-19(17)21/h4-12,14-15,21H,13H2,1-3H3,(H,27,30)(H,28,33)(H,31,32). The number of hydrogen-bond donors (Lipinski definition) is 3. The van der Waals surface area contributed by atoms with Crippen LogP contribution in [0.5, 0.6) is 0 Å². The van der Waals surface area contributed by atoms with Gasteiger partial charge in [-0.3, -0.25) is 19.6 Å². The molecule has 0 spiro atoms. The minimum Gasteiger partial charge on any atom is -0.481 e. The Morgan fingerprint density at radius 3 is 2.24 bits per heavy atom. The number of amides is 2. The van der Waals surface area contributed by atoms with E-state index in [0.717, 1.165) is 22.3 Å². The maximum Gasteiger partial charge on any atom is 0.412 e. The molecule has 2 atom stereocenters. The molecule has 9 heteroatoms. The van der Waals surface area contributed by atoms with E-state index in [1.54, 1.807) is 14.0 Å². The number of ether oxygens (including phenoxy) is 1. The first kappa shape index (κ1) is 23.0. The Kier molecular flexibility index (Phi) is 6.36. The fraction of sp³-hybridized carbons (Fsp3) is 0.280. The van der Waals surface area contributed by atoms with Crippen molar-refractivity contribution in [2.45, 2.75) is 25.8 Å². The average Bonchev–Trinajstić information content (AvgIpc) is 3.34. The third-order valence-electron chi connectivity index (χ3n) is 6.25. The number of carbonyl (C=O) groups is 3. The van der Waals surface area contributed by atoms with Gasteiger partial charge in [0.15, 0.2) is 0 Å². The van der Waals surface area contributed by atoms with Crippen LogP contribution in [0.1, 0.15) is 41.3 Å². The number of carboxylic acid groups (broad SMARTS) is 1. The van der Waals surface area contributed by atoms with Gasteiger partial charge in [0.1, 0.15) is 18.0 Å². The molecule has 1 aromatic heterocycles. The maximum atomic E-state index is 12.7. The van der Waals surface area contributed by atoms with E-state index in [0.29, 0.717) is 0 Å². The van der Waals surface area contributed by atoms with E-state index in [4.69, 9.17) is 9.84 Å². The van der Waals surface area contributed by atoms with E-state index in [-0.39, 0.29) is 23.9 Å². The third kappa shape index (κ3) is 4.36. The molecule has 0 saturated heterocycles. The second kappa shape index (κ2) is 9.38. The highest BCUT2D eigenvalue weighted by molar-refractivity contribution is 6.01. The van der Waals surface area contributed by atoms with E-state index in [2.05, 4.69) is 27.9 Å². The molecule has 0 bridgehead atoms. The van der Waals surface area contributed by atoms with Gasteiger partial charge < -0.3 is 15.2 Å². The van der Waals surface area contributed by atoms with Crippen LogP contribution >= 0.6 is 0 Å². The van der Waals surface area contributed by atoms with Crippen LogP contribution < -0.4 is 10.6 Å². The summed E-state index contributed by atoms with van der Waals surface area (Å²) in [5.41, 5.74) is 4.56. The summed E-state index contributed by atoms with van der Waals surface area (Å²) in [6.45, 7) is 3.24. The number of carboxylic acids is 1. The van der Waals surface area contributed by atoms with Gasteiger partial charge in [-0.1, -0.05) is 48.5 Å². The van der Waals surface area contributed by atoms with Crippen molar-refractivity contribution >= 4 is 23.8 Å². The lowest BCUT2D eigenvalue weighted by Gasteiger charge is -2.18. The van der Waals surface area contributed by atoms with Crippen LogP contribution in [0, 0.1) is 5.92 Å². The van der Waals surface area contributed by atoms with E-state index < -0.39 is 29.9 Å². The quantitative estimate of drug-likeness (QED) is 0.493. The highest BCUT2D eigenvalue weighted by atomic mass is 16.5. The van der Waals surface area contributed by atoms with Crippen molar-refractivity contribution in [3.05, 3.63) is 71.4 Å². The number of aromatic nitrogens is 2. The summed E-state index contributed by atoms with van der Waals surface area (Å²) in [7, 11) is 1.58. The van der Waals surface area contributed by atoms with Crippen LogP contribution in [0.4, 0.5) is 10.6 Å². The zero-order valence-corrected chi connectivity index (χ0v) is 19.1. The molecule has 1 heterocycles. The highest BCUT2D eigenvalue weighted by Gasteiger charge is 2.29. The summed E-state index contributed by atoms with van der Waals surface area (Å²) in [4.78, 5) is 36.5. The van der Waals surface area contributed by atoms with Gasteiger partial charge in [0.25, 0.3) is 5.91 Å². The molecule has 2 amide bonds. The summed E-state index contributed by atoms with van der Waals surface area (Å²) in [6.07, 6.45) is 0.596. The molecule has 1 aliphatic rings. The summed E-state index contributed by atoms with van der Waals surface area (Å²) in [5.74, 6) is -2.27. The van der Waals surface area contributed by atoms with Gasteiger partial charge >= 0.3 is 12.1 Å². The predicted molar refractivity (Wildman–Crippen MR) is 126 cm³/mol. The minimum absolute atomic E-state index is 0.0918. The predicted octanol–water partition coefficient (Wildman–Crippen LogP) is 3.62. The summed E-state index contributed by atoms with van der Waals surface area (Å²) < 4.78 is 6.90. The zero-order valence-electron chi connectivity index (χ0n) is 19.1. The number of hydrogen-bond acceptors (Lipinski definition) is 5. The van der Waals surface area contributed by atoms with Crippen LogP contribution in [0.15, 0.2) is 54.7 Å². The van der Waals surface area contributed by atoms with Crippen LogP contribution in [0.2, 0.25) is 0 Å². The normalized spacial score (nSPS) is 14.0. The number of nitrogens with one attached hydrogen (secondary N) is 2. The van der Waals surface area contributed by atoms with E-state index in [1.165, 1.54) is 17.8 Å². The third-order valence-corrected chi connectivity index (χ3v) is 6.25. The Hall–Kier alpha value is -4.14. The fourth-order valence-corrected chi connectivity index (χ4v) is 4.11. The number of aliphatic carboxylic acids is 1. The van der Waals surface area contributed by atoms with Crippen LogP contribution in [-0.2, 0) is 16.6 Å². The van der Waals surface area contributed by atoms with Gasteiger partial charge in [0, 0.05) is 19.0 Å². The molecule has 4 rings (SSSR count). The number of anilines is 1. The van der Waals surface area contributed by atoms with Gasteiger partial charge in [-0.15, -0.1) is 0 Å². The van der Waals surface area contributed by atoms with Crippen molar-refractivity contribution in [2.75, 3.05) is 11.9 Å². The Labute approximate surface area is 196 Å². The number of nitrogens with zero attached hydrogens (tertiary/aromatic N) is 2. The Bertz CT molecular complexity index is 1210. The van der Waals surface area contributed by atoms with Crippen molar-refractivity contribution in [2.24, 2.45) is 13.0 Å². The second-order valence-electron chi connectivity index (χ2n) is 8.37. The summed E-state index contributed by atoms with van der Waals surface area (Å²) in [6, 6.07) is 15.5. The topological polar surface area (TPSA) is 123 Å². The Morgan fingerprint density at radius 2 is 1.65 bits per heavy atom. The SMILES string of the molecule is CC(NC(=O)c1cnn(C)c1NC(=O)OCC1c2ccccc2-c2ccccc21)C(C)C(=O)O. The van der Waals surface area contributed by atoms with E-state index >= 15 is 0 Å². The lowest BCUT2D eigenvalue weighted by atomic mass is 9.98. The smallest absolute Gasteiger partial charge is 0.412 e. The lowest BCUT2D eigenvalue weighted by molar-refractivity contribution is -0.141. The largest absolute Gasteiger partial charge is 0.481 e. The first-order valence-electron chi connectivity index (χ1n) is 11.0. The monoisotopic (exact) mass is 462 g/mol. The molecule has 3 aromatic rings. The number of rotatable bonds is 7. The van der Waals surface area contributed by atoms with Crippen molar-refractivity contribution in [3.63, 3.8) is 0 Å². The molecule has 1 aliphatic carbocycles. The maximum absolute atomic E-state index is 12.7. The number of aryl methyl sites for hydroxylation is 1. The van der Waals surface area contributed by atoms with Gasteiger partial charge in [0.05, 0.1) is 12.1 Å². The van der Waals surface area contributed by atoms with Gasteiger partial charge in [-0.05, 0) is 36.1 Å². The molecule has 9 nitrogen and oxygen atoms in total. The van der Waals surface area contributed by atoms with Crippen molar-refractivity contribution < 1.29 is 24.2 Å². The number of benzene rings is 2. The summed E-state index contributed by atoms with van der Waals surface area (Å²) >= 11 is 0. The Balaban J connectivity index is 1.44. The first-order chi connectivity index (χ1) is 16.3. The minimum atomic E-state index is -1.02. The molecule has 2 unspecified atom stereocenters. The molecule has 2 aromatic carbocycles. The molecular weight excluding hydrogens is 436 g/mol. The number of carbonyl (C=O) groups excluding carboxylic acids is 2.